The molecule has 0 spiro atoms. The highest BCUT2D eigenvalue weighted by Gasteiger charge is 2.19. The summed E-state index contributed by atoms with van der Waals surface area (Å²) < 4.78 is 36.8. The molecule has 0 aliphatic carbocycles. The Balaban J connectivity index is 2.66. The van der Waals surface area contributed by atoms with Crippen LogP contribution in [0.3, 0.4) is 0 Å². The molecule has 0 aliphatic rings. The van der Waals surface area contributed by atoms with E-state index < -0.39 is 27.3 Å². The third-order valence-corrected chi connectivity index (χ3v) is 4.11. The molecule has 6 heteroatoms. The molecule has 0 unspecified atom stereocenters. The van der Waals surface area contributed by atoms with Gasteiger partial charge < -0.3 is 4.90 Å². The molecule has 20 heavy (non-hydrogen) atoms. The van der Waals surface area contributed by atoms with Crippen LogP contribution < -0.4 is 0 Å². The second-order valence-electron chi connectivity index (χ2n) is 4.46. The van der Waals surface area contributed by atoms with Crippen molar-refractivity contribution in [3.63, 3.8) is 0 Å². The first-order valence-electron chi connectivity index (χ1n) is 6.14. The fourth-order valence-corrected chi connectivity index (χ4v) is 2.77. The summed E-state index contributed by atoms with van der Waals surface area (Å²) in [6, 6.07) is 6.09. The van der Waals surface area contributed by atoms with E-state index in [0.29, 0.717) is 5.56 Å². The van der Waals surface area contributed by atoms with E-state index in [1.54, 1.807) is 31.2 Å². The Morgan fingerprint density at radius 3 is 2.60 bits per heavy atom. The topological polar surface area (TPSA) is 54.5 Å². The first kappa shape index (κ1) is 16.4. The van der Waals surface area contributed by atoms with Crippen LogP contribution >= 0.6 is 0 Å². The fraction of sp³-hybridized carbons (Fsp3) is 0.357. The average molecular weight is 299 g/mol. The molecule has 110 valence electrons. The molecule has 0 aromatic heterocycles. The predicted molar refractivity (Wildman–Crippen MR) is 76.3 cm³/mol. The monoisotopic (exact) mass is 299 g/mol. The number of carbonyl (C=O) groups is 1. The molecule has 1 aromatic rings. The molecule has 0 aliphatic heterocycles. The van der Waals surface area contributed by atoms with Crippen LogP contribution in [-0.2, 0) is 21.2 Å². The number of benzene rings is 1. The molecule has 1 aromatic carbocycles. The van der Waals surface area contributed by atoms with Gasteiger partial charge >= 0.3 is 0 Å². The van der Waals surface area contributed by atoms with Crippen molar-refractivity contribution in [2.24, 2.45) is 0 Å². The largest absolute Gasteiger partial charge is 0.340 e. The molecule has 0 saturated carbocycles. The summed E-state index contributed by atoms with van der Waals surface area (Å²) in [5.74, 6) is -1.69. The van der Waals surface area contributed by atoms with Crippen LogP contribution in [0.2, 0.25) is 0 Å². The van der Waals surface area contributed by atoms with E-state index in [1.807, 2.05) is 0 Å². The Labute approximate surface area is 118 Å². The molecule has 1 rings (SSSR count). The smallest absolute Gasteiger partial charge is 0.237 e. The summed E-state index contributed by atoms with van der Waals surface area (Å²) in [7, 11) is -2.00. The lowest BCUT2D eigenvalue weighted by Gasteiger charge is -2.17. The van der Waals surface area contributed by atoms with E-state index in [-0.39, 0.29) is 12.3 Å². The highest BCUT2D eigenvalue weighted by Crippen LogP contribution is 2.09. The van der Waals surface area contributed by atoms with Crippen molar-refractivity contribution >= 4 is 15.7 Å². The summed E-state index contributed by atoms with van der Waals surface area (Å²) in [6.07, 6.45) is 3.10. The van der Waals surface area contributed by atoms with Crippen LogP contribution in [-0.4, -0.2) is 37.8 Å². The maximum absolute atomic E-state index is 13.5. The van der Waals surface area contributed by atoms with Gasteiger partial charge in [-0.3, -0.25) is 4.79 Å². The van der Waals surface area contributed by atoms with Crippen molar-refractivity contribution in [1.29, 1.82) is 0 Å². The Kier molecular flexibility index (Phi) is 5.88. The minimum absolute atomic E-state index is 0.0463. The molecule has 0 N–H and O–H groups in total. The van der Waals surface area contributed by atoms with E-state index in [0.717, 1.165) is 0 Å². The second kappa shape index (κ2) is 7.19. The highest BCUT2D eigenvalue weighted by atomic mass is 32.2. The number of rotatable bonds is 6. The van der Waals surface area contributed by atoms with Gasteiger partial charge in [-0.1, -0.05) is 30.4 Å². The summed E-state index contributed by atoms with van der Waals surface area (Å²) in [6.45, 7) is 1.76. The van der Waals surface area contributed by atoms with Crippen molar-refractivity contribution in [3.8, 4) is 0 Å². The van der Waals surface area contributed by atoms with Gasteiger partial charge in [0.1, 0.15) is 11.6 Å². The lowest BCUT2D eigenvalue weighted by Crippen LogP contribution is -2.33. The van der Waals surface area contributed by atoms with E-state index in [2.05, 4.69) is 0 Å². The van der Waals surface area contributed by atoms with E-state index in [1.165, 1.54) is 24.1 Å². The van der Waals surface area contributed by atoms with E-state index in [4.69, 9.17) is 0 Å². The molecule has 0 radical (unpaired) electrons. The van der Waals surface area contributed by atoms with Crippen molar-refractivity contribution < 1.29 is 17.6 Å². The van der Waals surface area contributed by atoms with Gasteiger partial charge in [0.15, 0.2) is 9.84 Å². The van der Waals surface area contributed by atoms with Crippen LogP contribution in [0, 0.1) is 5.82 Å². The first-order chi connectivity index (χ1) is 9.35. The minimum Gasteiger partial charge on any atom is -0.340 e. The zero-order valence-corrected chi connectivity index (χ0v) is 12.4. The number of nitrogens with zero attached hydrogens (tertiary/aromatic N) is 1. The lowest BCUT2D eigenvalue weighted by molar-refractivity contribution is -0.127. The van der Waals surface area contributed by atoms with Gasteiger partial charge in [0.05, 0.1) is 5.75 Å². The van der Waals surface area contributed by atoms with Gasteiger partial charge in [-0.05, 0) is 13.0 Å². The van der Waals surface area contributed by atoms with Crippen molar-refractivity contribution in [3.05, 3.63) is 47.8 Å². The molecule has 0 fully saturated rings. The summed E-state index contributed by atoms with van der Waals surface area (Å²) in [4.78, 5) is 13.1. The standard InChI is InChI=1S/C14H18FNO3S/c1-3-4-9-20(18,19)11-14(17)16(2)10-12-7-5-6-8-13(12)15/h3-8H,9-11H2,1-2H3. The Morgan fingerprint density at radius 1 is 1.35 bits per heavy atom. The highest BCUT2D eigenvalue weighted by molar-refractivity contribution is 7.92. The van der Waals surface area contributed by atoms with Gasteiger partial charge in [0, 0.05) is 19.2 Å². The van der Waals surface area contributed by atoms with Gasteiger partial charge in [-0.2, -0.15) is 0 Å². The predicted octanol–water partition coefficient (Wildman–Crippen LogP) is 1.77. The molecule has 0 heterocycles. The van der Waals surface area contributed by atoms with Gasteiger partial charge in [-0.25, -0.2) is 12.8 Å². The van der Waals surface area contributed by atoms with Crippen LogP contribution in [0.25, 0.3) is 0 Å². The van der Waals surface area contributed by atoms with E-state index in [9.17, 15) is 17.6 Å². The first-order valence-corrected chi connectivity index (χ1v) is 7.97. The van der Waals surface area contributed by atoms with Crippen LogP contribution in [0.15, 0.2) is 36.4 Å². The molecule has 4 nitrogen and oxygen atoms in total. The SMILES string of the molecule is CC=CCS(=O)(=O)CC(=O)N(C)Cc1ccccc1F. The average Bonchev–Trinajstić information content (AvgIpc) is 2.38. The number of carbonyl (C=O) groups excluding carboxylic acids is 1. The quantitative estimate of drug-likeness (QED) is 0.752. The maximum atomic E-state index is 13.5. The molecular weight excluding hydrogens is 281 g/mol. The Morgan fingerprint density at radius 2 is 2.00 bits per heavy atom. The molecule has 0 saturated heterocycles. The van der Waals surface area contributed by atoms with Gasteiger partial charge in [-0.15, -0.1) is 0 Å². The molecule has 0 atom stereocenters. The van der Waals surface area contributed by atoms with Gasteiger partial charge in [0.2, 0.25) is 5.91 Å². The number of sulfone groups is 1. The molecule has 0 bridgehead atoms. The molecule has 1 amide bonds. The van der Waals surface area contributed by atoms with Crippen molar-refractivity contribution in [1.82, 2.24) is 4.90 Å². The number of halogens is 1. The van der Waals surface area contributed by atoms with Crippen LogP contribution in [0.4, 0.5) is 4.39 Å². The third-order valence-electron chi connectivity index (χ3n) is 2.72. The summed E-state index contributed by atoms with van der Waals surface area (Å²) >= 11 is 0. The Bertz CT molecular complexity index is 596. The van der Waals surface area contributed by atoms with Crippen LogP contribution in [0.5, 0.6) is 0 Å². The van der Waals surface area contributed by atoms with Crippen molar-refractivity contribution in [2.75, 3.05) is 18.6 Å². The number of allylic oxidation sites excluding steroid dienone is 1. The molecular formula is C14H18FNO3S. The minimum atomic E-state index is -3.46. The number of hydrogen-bond acceptors (Lipinski definition) is 3. The second-order valence-corrected chi connectivity index (χ2v) is 6.57. The van der Waals surface area contributed by atoms with Crippen molar-refractivity contribution in [2.45, 2.75) is 13.5 Å². The Hall–Kier alpha value is -1.69. The normalized spacial score (nSPS) is 11.8. The van der Waals surface area contributed by atoms with Gasteiger partial charge in [0.25, 0.3) is 0 Å². The third kappa shape index (κ3) is 5.13. The zero-order valence-electron chi connectivity index (χ0n) is 11.5. The maximum Gasteiger partial charge on any atom is 0.237 e. The lowest BCUT2D eigenvalue weighted by atomic mass is 10.2. The summed E-state index contributed by atoms with van der Waals surface area (Å²) in [5.41, 5.74) is 0.356. The summed E-state index contributed by atoms with van der Waals surface area (Å²) in [5, 5.41) is 0. The number of hydrogen-bond donors (Lipinski definition) is 0. The fourth-order valence-electron chi connectivity index (χ4n) is 1.57. The zero-order chi connectivity index (χ0) is 15.2. The number of amides is 1. The van der Waals surface area contributed by atoms with E-state index >= 15 is 0 Å². The van der Waals surface area contributed by atoms with Crippen LogP contribution in [0.1, 0.15) is 12.5 Å².